The van der Waals surface area contributed by atoms with Crippen molar-refractivity contribution in [3.63, 3.8) is 0 Å². The Balaban J connectivity index is 2.22. The molecule has 1 aromatic carbocycles. The summed E-state index contributed by atoms with van der Waals surface area (Å²) in [5, 5.41) is 0. The lowest BCUT2D eigenvalue weighted by Crippen LogP contribution is -2.30. The zero-order chi connectivity index (χ0) is 14.3. The summed E-state index contributed by atoms with van der Waals surface area (Å²) < 4.78 is 7.97. The van der Waals surface area contributed by atoms with Crippen molar-refractivity contribution in [2.75, 3.05) is 0 Å². The summed E-state index contributed by atoms with van der Waals surface area (Å²) in [7, 11) is 2.05. The van der Waals surface area contributed by atoms with Crippen LogP contribution in [0.2, 0.25) is 0 Å². The second-order valence-corrected chi connectivity index (χ2v) is 5.54. The lowest BCUT2D eigenvalue weighted by molar-refractivity contribution is -0.659. The smallest absolute Gasteiger partial charge is 0.216 e. The van der Waals surface area contributed by atoms with E-state index in [1.165, 1.54) is 11.1 Å². The lowest BCUT2D eigenvalue weighted by atomic mass is 10.0. The van der Waals surface area contributed by atoms with Gasteiger partial charge in [0.15, 0.2) is 23.2 Å². The molecule has 0 saturated heterocycles. The first kappa shape index (κ1) is 12.9. The van der Waals surface area contributed by atoms with Gasteiger partial charge in [-0.15, -0.1) is 0 Å². The first-order valence-electron chi connectivity index (χ1n) is 6.92. The molecule has 3 rings (SSSR count). The van der Waals surface area contributed by atoms with Crippen LogP contribution in [0.5, 0.6) is 0 Å². The highest BCUT2D eigenvalue weighted by molar-refractivity contribution is 5.76. The topological polar surface area (TPSA) is 29.9 Å². The molecule has 3 heteroatoms. The molecular weight excluding hydrogens is 248 g/mol. The standard InChI is InChI=1S/C17H19N2O/c1-11(2)17-18-14-10-19(4)15(9-16(14)20-17)13-8-6-5-7-12(13)3/h5-11H,1-4H3/q+1. The van der Waals surface area contributed by atoms with E-state index in [9.17, 15) is 0 Å². The highest BCUT2D eigenvalue weighted by Gasteiger charge is 2.18. The Morgan fingerprint density at radius 3 is 2.65 bits per heavy atom. The Morgan fingerprint density at radius 2 is 1.95 bits per heavy atom. The number of rotatable bonds is 2. The molecule has 0 aliphatic rings. The van der Waals surface area contributed by atoms with Crippen LogP contribution in [0.4, 0.5) is 0 Å². The minimum absolute atomic E-state index is 0.301. The molecule has 0 spiro atoms. The van der Waals surface area contributed by atoms with E-state index in [0.29, 0.717) is 5.92 Å². The first-order chi connectivity index (χ1) is 9.56. The molecule has 0 saturated carbocycles. The lowest BCUT2D eigenvalue weighted by Gasteiger charge is -2.03. The third-order valence-corrected chi connectivity index (χ3v) is 3.58. The van der Waals surface area contributed by atoms with E-state index in [2.05, 4.69) is 60.7 Å². The van der Waals surface area contributed by atoms with Crippen molar-refractivity contribution in [1.82, 2.24) is 4.98 Å². The Labute approximate surface area is 118 Å². The first-order valence-corrected chi connectivity index (χ1v) is 6.92. The van der Waals surface area contributed by atoms with Crippen LogP contribution in [-0.4, -0.2) is 4.98 Å². The molecule has 0 fully saturated rings. The number of benzene rings is 1. The minimum atomic E-state index is 0.301. The van der Waals surface area contributed by atoms with Crippen molar-refractivity contribution in [3.05, 3.63) is 48.0 Å². The van der Waals surface area contributed by atoms with E-state index in [1.54, 1.807) is 0 Å². The Bertz CT molecular complexity index is 772. The van der Waals surface area contributed by atoms with Gasteiger partial charge in [-0.1, -0.05) is 32.0 Å². The van der Waals surface area contributed by atoms with E-state index in [0.717, 1.165) is 22.7 Å². The molecule has 0 unspecified atom stereocenters. The quantitative estimate of drug-likeness (QED) is 0.662. The number of fused-ring (bicyclic) bond motifs is 1. The predicted octanol–water partition coefficient (Wildman–Crippen LogP) is 3.75. The highest BCUT2D eigenvalue weighted by atomic mass is 16.3. The summed E-state index contributed by atoms with van der Waals surface area (Å²) in [5.41, 5.74) is 5.38. The molecule has 0 radical (unpaired) electrons. The number of oxazole rings is 1. The van der Waals surface area contributed by atoms with Gasteiger partial charge < -0.3 is 4.42 Å². The average Bonchev–Trinajstić information content (AvgIpc) is 2.81. The van der Waals surface area contributed by atoms with Crippen LogP contribution in [0.3, 0.4) is 0 Å². The van der Waals surface area contributed by atoms with Crippen molar-refractivity contribution in [2.24, 2.45) is 7.05 Å². The second kappa shape index (κ2) is 4.75. The van der Waals surface area contributed by atoms with Crippen LogP contribution >= 0.6 is 0 Å². The van der Waals surface area contributed by atoms with Crippen LogP contribution in [0, 0.1) is 6.92 Å². The summed E-state index contributed by atoms with van der Waals surface area (Å²) in [6, 6.07) is 10.5. The molecule has 0 atom stereocenters. The molecule has 2 heterocycles. The fourth-order valence-electron chi connectivity index (χ4n) is 2.41. The zero-order valence-electron chi connectivity index (χ0n) is 12.3. The number of pyridine rings is 1. The van der Waals surface area contributed by atoms with Crippen LogP contribution in [0.25, 0.3) is 22.4 Å². The van der Waals surface area contributed by atoms with E-state index in [4.69, 9.17) is 4.42 Å². The van der Waals surface area contributed by atoms with Crippen LogP contribution in [-0.2, 0) is 7.05 Å². The van der Waals surface area contributed by atoms with Crippen LogP contribution in [0.15, 0.2) is 40.9 Å². The van der Waals surface area contributed by atoms with Gasteiger partial charge in [-0.2, -0.15) is 4.57 Å². The Kier molecular flexibility index (Phi) is 3.05. The number of aryl methyl sites for hydroxylation is 2. The van der Waals surface area contributed by atoms with Crippen molar-refractivity contribution in [1.29, 1.82) is 0 Å². The number of hydrogen-bond donors (Lipinski definition) is 0. The zero-order valence-corrected chi connectivity index (χ0v) is 12.3. The van der Waals surface area contributed by atoms with E-state index >= 15 is 0 Å². The van der Waals surface area contributed by atoms with Gasteiger partial charge >= 0.3 is 0 Å². The van der Waals surface area contributed by atoms with Gasteiger partial charge in [0.1, 0.15) is 7.05 Å². The normalized spacial score (nSPS) is 11.4. The van der Waals surface area contributed by atoms with Crippen molar-refractivity contribution < 1.29 is 8.98 Å². The van der Waals surface area contributed by atoms with Gasteiger partial charge in [-0.25, -0.2) is 4.98 Å². The Hall–Kier alpha value is -2.16. The maximum absolute atomic E-state index is 5.86. The minimum Gasteiger partial charge on any atom is -0.440 e. The van der Waals surface area contributed by atoms with Crippen molar-refractivity contribution in [2.45, 2.75) is 26.7 Å². The molecule has 0 N–H and O–H groups in total. The molecular formula is C17H19N2O+. The fourth-order valence-corrected chi connectivity index (χ4v) is 2.41. The Morgan fingerprint density at radius 1 is 1.20 bits per heavy atom. The summed E-state index contributed by atoms with van der Waals surface area (Å²) >= 11 is 0. The maximum Gasteiger partial charge on any atom is 0.216 e. The van der Waals surface area contributed by atoms with E-state index < -0.39 is 0 Å². The van der Waals surface area contributed by atoms with Crippen LogP contribution in [0.1, 0.15) is 31.2 Å². The van der Waals surface area contributed by atoms with Crippen molar-refractivity contribution >= 4 is 11.1 Å². The average molecular weight is 267 g/mol. The van der Waals surface area contributed by atoms with E-state index in [1.807, 2.05) is 13.2 Å². The summed E-state index contributed by atoms with van der Waals surface area (Å²) in [5.74, 6) is 1.09. The van der Waals surface area contributed by atoms with Gasteiger partial charge in [-0.05, 0) is 18.6 Å². The maximum atomic E-state index is 5.86. The van der Waals surface area contributed by atoms with Gasteiger partial charge in [0, 0.05) is 11.5 Å². The van der Waals surface area contributed by atoms with Gasteiger partial charge in [-0.3, -0.25) is 0 Å². The molecule has 20 heavy (non-hydrogen) atoms. The SMILES string of the molecule is Cc1ccccc1-c1cc2oc(C(C)C)nc2c[n+]1C. The summed E-state index contributed by atoms with van der Waals surface area (Å²) in [6.07, 6.45) is 2.03. The third kappa shape index (κ3) is 2.09. The molecule has 3 aromatic rings. The van der Waals surface area contributed by atoms with Crippen LogP contribution < -0.4 is 4.57 Å². The van der Waals surface area contributed by atoms with Gasteiger partial charge in [0.05, 0.1) is 6.07 Å². The van der Waals surface area contributed by atoms with Crippen molar-refractivity contribution in [3.8, 4) is 11.3 Å². The molecule has 102 valence electrons. The monoisotopic (exact) mass is 267 g/mol. The van der Waals surface area contributed by atoms with Gasteiger partial charge in [0.2, 0.25) is 5.69 Å². The summed E-state index contributed by atoms with van der Waals surface area (Å²) in [6.45, 7) is 6.30. The van der Waals surface area contributed by atoms with E-state index in [-0.39, 0.29) is 0 Å². The number of hydrogen-bond acceptors (Lipinski definition) is 2. The molecule has 0 bridgehead atoms. The molecule has 0 aliphatic heterocycles. The predicted molar refractivity (Wildman–Crippen MR) is 79.4 cm³/mol. The fraction of sp³-hybridized carbons (Fsp3) is 0.294. The third-order valence-electron chi connectivity index (χ3n) is 3.58. The number of aromatic nitrogens is 2. The summed E-state index contributed by atoms with van der Waals surface area (Å²) in [4.78, 5) is 4.54. The second-order valence-electron chi connectivity index (χ2n) is 5.54. The molecule has 2 aromatic heterocycles. The van der Waals surface area contributed by atoms with Gasteiger partial charge in [0.25, 0.3) is 0 Å². The number of nitrogens with zero attached hydrogens (tertiary/aromatic N) is 2. The molecule has 3 nitrogen and oxygen atoms in total. The highest BCUT2D eigenvalue weighted by Crippen LogP contribution is 2.25. The molecule has 0 aliphatic carbocycles. The molecule has 0 amide bonds. The largest absolute Gasteiger partial charge is 0.440 e.